The summed E-state index contributed by atoms with van der Waals surface area (Å²) >= 11 is 0. The maximum absolute atomic E-state index is 12.3. The number of rotatable bonds is 6. The number of nitrogens with one attached hydrogen (secondary N) is 1. The van der Waals surface area contributed by atoms with Crippen molar-refractivity contribution in [2.75, 3.05) is 13.7 Å². The Hall–Kier alpha value is -4.49. The molecule has 3 aliphatic heterocycles. The highest BCUT2D eigenvalue weighted by atomic mass is 16.7. The molecular weight excluding hydrogens is 538 g/mol. The summed E-state index contributed by atoms with van der Waals surface area (Å²) in [6, 6.07) is 11.5. The van der Waals surface area contributed by atoms with Crippen molar-refractivity contribution in [3.05, 3.63) is 75.9 Å². The van der Waals surface area contributed by atoms with Crippen LogP contribution in [0.5, 0.6) is 17.2 Å². The first-order valence-corrected chi connectivity index (χ1v) is 12.7. The van der Waals surface area contributed by atoms with Crippen LogP contribution >= 0.6 is 0 Å². The maximum Gasteiger partial charge on any atom is 0.337 e. The van der Waals surface area contributed by atoms with E-state index in [4.69, 9.17) is 23.7 Å². The Kier molecular flexibility index (Phi) is 6.62. The first-order chi connectivity index (χ1) is 19.8. The lowest BCUT2D eigenvalue weighted by Crippen LogP contribution is -2.69. The van der Waals surface area contributed by atoms with Gasteiger partial charge in [0.1, 0.15) is 48.1 Å². The third-order valence-corrected chi connectivity index (χ3v) is 7.46. The van der Waals surface area contributed by atoms with E-state index in [0.717, 1.165) is 0 Å². The molecule has 1 fully saturated rings. The molecule has 1 spiro atoms. The van der Waals surface area contributed by atoms with Gasteiger partial charge in [-0.05, 0) is 41.5 Å². The normalized spacial score (nSPS) is 26.5. The average molecular weight is 566 g/mol. The first-order valence-electron chi connectivity index (χ1n) is 12.7. The molecule has 2 aromatic carbocycles. The monoisotopic (exact) mass is 565 g/mol. The molecule has 0 bridgehead atoms. The number of aromatic nitrogens is 1. The molecule has 1 saturated heterocycles. The fourth-order valence-electron chi connectivity index (χ4n) is 5.33. The Morgan fingerprint density at radius 1 is 1.15 bits per heavy atom. The van der Waals surface area contributed by atoms with E-state index in [0.29, 0.717) is 27.5 Å². The highest BCUT2D eigenvalue weighted by Gasteiger charge is 2.60. The summed E-state index contributed by atoms with van der Waals surface area (Å²) < 4.78 is 28.2. The molecule has 5 atom stereocenters. The lowest BCUT2D eigenvalue weighted by Gasteiger charge is -2.47. The van der Waals surface area contributed by atoms with Gasteiger partial charge in [0, 0.05) is 23.1 Å². The third-order valence-electron chi connectivity index (χ3n) is 7.46. The van der Waals surface area contributed by atoms with E-state index >= 15 is 0 Å². The van der Waals surface area contributed by atoms with Crippen molar-refractivity contribution >= 4 is 29.6 Å². The van der Waals surface area contributed by atoms with Gasteiger partial charge in [0.15, 0.2) is 5.60 Å². The van der Waals surface area contributed by atoms with Crippen molar-refractivity contribution < 1.29 is 54.0 Å². The summed E-state index contributed by atoms with van der Waals surface area (Å²) in [5.74, 6) is -0.652. The van der Waals surface area contributed by atoms with Crippen LogP contribution in [0.25, 0.3) is 23.7 Å². The fraction of sp³-hybridized carbons (Fsp3) is 0.276. The van der Waals surface area contributed by atoms with Gasteiger partial charge < -0.3 is 54.2 Å². The lowest BCUT2D eigenvalue weighted by atomic mass is 9.82. The Labute approximate surface area is 232 Å². The first kappa shape index (κ1) is 26.7. The molecule has 3 aliphatic rings. The van der Waals surface area contributed by atoms with Crippen molar-refractivity contribution in [1.29, 1.82) is 0 Å². The average Bonchev–Trinajstić information content (AvgIpc) is 3.45. The molecule has 12 nitrogen and oxygen atoms in total. The number of carboxylic acid groups (broad SMARTS) is 1. The number of H-pyrrole nitrogens is 1. The molecule has 0 radical (unpaired) electrons. The van der Waals surface area contributed by atoms with Crippen LogP contribution in [-0.4, -0.2) is 80.4 Å². The van der Waals surface area contributed by atoms with E-state index in [1.807, 2.05) is 0 Å². The molecule has 1 aromatic heterocycles. The van der Waals surface area contributed by atoms with Gasteiger partial charge >= 0.3 is 5.97 Å². The van der Waals surface area contributed by atoms with E-state index < -0.39 is 42.8 Å². The van der Waals surface area contributed by atoms with Crippen LogP contribution in [0.15, 0.2) is 48.7 Å². The van der Waals surface area contributed by atoms with Gasteiger partial charge in [-0.3, -0.25) is 0 Å². The van der Waals surface area contributed by atoms with E-state index in [1.165, 1.54) is 24.5 Å². The summed E-state index contributed by atoms with van der Waals surface area (Å²) in [5, 5.41) is 54.4. The van der Waals surface area contributed by atoms with Crippen molar-refractivity contribution in [3.8, 4) is 17.2 Å². The van der Waals surface area contributed by atoms with Crippen LogP contribution in [0.4, 0.5) is 0 Å². The molecule has 41 heavy (non-hydrogen) atoms. The molecule has 3 aromatic rings. The third kappa shape index (κ3) is 4.37. The number of aliphatic hydroxyl groups excluding tert-OH is 4. The van der Waals surface area contributed by atoms with Crippen molar-refractivity contribution in [1.82, 2.24) is 4.98 Å². The number of benzene rings is 2. The molecule has 0 aliphatic carbocycles. The minimum Gasteiger partial charge on any atom is -0.507 e. The van der Waals surface area contributed by atoms with Crippen LogP contribution in [0, 0.1) is 0 Å². The Morgan fingerprint density at radius 2 is 1.93 bits per heavy atom. The van der Waals surface area contributed by atoms with Crippen LogP contribution in [0.1, 0.15) is 16.7 Å². The second-order valence-corrected chi connectivity index (χ2v) is 9.81. The molecule has 6 rings (SSSR count). The fourth-order valence-corrected chi connectivity index (χ4v) is 5.33. The molecule has 0 unspecified atom stereocenters. The molecule has 0 amide bonds. The van der Waals surface area contributed by atoms with Gasteiger partial charge in [0.05, 0.1) is 24.6 Å². The molecule has 4 heterocycles. The summed E-state index contributed by atoms with van der Waals surface area (Å²) in [6.07, 6.45) is -2.59. The van der Waals surface area contributed by atoms with Gasteiger partial charge in [-0.2, -0.15) is 0 Å². The largest absolute Gasteiger partial charge is 0.507 e. The molecule has 0 saturated carbocycles. The number of hydrogen-bond donors (Lipinski definition) is 6. The second kappa shape index (κ2) is 10.2. The number of carbonyl (C=O) groups is 1. The van der Waals surface area contributed by atoms with Crippen molar-refractivity contribution in [2.24, 2.45) is 0 Å². The SMILES string of the molecule is COc1ccc(C2=C(O)c3c(CO)cc(O[C@@H]4O[C@H](C(=O)O)[C@]5(C=c6cc[nH]c6=CO5)[C@H](O)[C@H]4O)cc3OC2)cc1. The zero-order valence-electron chi connectivity index (χ0n) is 21.7. The summed E-state index contributed by atoms with van der Waals surface area (Å²) in [4.78, 5) is 15.2. The number of carboxylic acids is 1. The second-order valence-electron chi connectivity index (χ2n) is 9.81. The van der Waals surface area contributed by atoms with Gasteiger partial charge in [-0.1, -0.05) is 12.1 Å². The zero-order chi connectivity index (χ0) is 28.9. The van der Waals surface area contributed by atoms with Gasteiger partial charge in [-0.25, -0.2) is 4.79 Å². The zero-order valence-corrected chi connectivity index (χ0v) is 21.7. The number of fused-ring (bicyclic) bond motifs is 2. The van der Waals surface area contributed by atoms with E-state index in [9.17, 15) is 30.3 Å². The Bertz CT molecular complexity index is 1640. The number of ether oxygens (including phenoxy) is 5. The predicted molar refractivity (Wildman–Crippen MR) is 142 cm³/mol. The van der Waals surface area contributed by atoms with Crippen LogP contribution < -0.4 is 24.8 Å². The molecular formula is C29H27NO11. The minimum atomic E-state index is -1.93. The van der Waals surface area contributed by atoms with Crippen LogP contribution in [0.2, 0.25) is 0 Å². The van der Waals surface area contributed by atoms with E-state index in [2.05, 4.69) is 4.98 Å². The van der Waals surface area contributed by atoms with Crippen molar-refractivity contribution in [2.45, 2.75) is 36.8 Å². The molecule has 12 heteroatoms. The maximum atomic E-state index is 12.3. The minimum absolute atomic E-state index is 0.00910. The van der Waals surface area contributed by atoms with Gasteiger partial charge in [-0.15, -0.1) is 0 Å². The van der Waals surface area contributed by atoms with Gasteiger partial charge in [0.2, 0.25) is 12.4 Å². The molecule has 214 valence electrons. The Balaban J connectivity index is 1.31. The number of aliphatic hydroxyl groups is 4. The highest BCUT2D eigenvalue weighted by molar-refractivity contribution is 5.92. The summed E-state index contributed by atoms with van der Waals surface area (Å²) in [6.45, 7) is -0.493. The number of methoxy groups -OCH3 is 1. The van der Waals surface area contributed by atoms with Crippen LogP contribution in [-0.2, 0) is 20.9 Å². The lowest BCUT2D eigenvalue weighted by molar-refractivity contribution is -0.286. The summed E-state index contributed by atoms with van der Waals surface area (Å²) in [5.41, 5.74) is -0.225. The van der Waals surface area contributed by atoms with E-state index in [1.54, 1.807) is 43.6 Å². The molecule has 6 N–H and O–H groups in total. The number of aliphatic carboxylic acids is 1. The number of aromatic amines is 1. The summed E-state index contributed by atoms with van der Waals surface area (Å²) in [7, 11) is 1.55. The van der Waals surface area contributed by atoms with E-state index in [-0.39, 0.29) is 35.0 Å². The highest BCUT2D eigenvalue weighted by Crippen LogP contribution is 2.42. The smallest absolute Gasteiger partial charge is 0.337 e. The van der Waals surface area contributed by atoms with Crippen molar-refractivity contribution in [3.63, 3.8) is 0 Å². The Morgan fingerprint density at radius 3 is 2.63 bits per heavy atom. The van der Waals surface area contributed by atoms with Gasteiger partial charge in [0.25, 0.3) is 0 Å². The topological polar surface area (TPSA) is 180 Å². The predicted octanol–water partition coefficient (Wildman–Crippen LogP) is 0.232. The standard InChI is InChI=1S/C29H27NO11/c1-37-17-4-2-14(3-5-17)19-12-38-21-9-18(8-16(11-31)22(21)23(19)32)40-28-24(33)25(34)29(26(41-28)27(35)36)10-15-6-7-30-20(15)13-39-29/h2-10,13,24-26,28,30-34H,11-12H2,1H3,(H,35,36)/t24-,25-,26-,28-,29+/m1/s1. The van der Waals surface area contributed by atoms with Crippen LogP contribution in [0.3, 0.4) is 0 Å². The number of hydrogen-bond acceptors (Lipinski definition) is 10. The quantitative estimate of drug-likeness (QED) is 0.241.